The molecule has 0 aliphatic rings. The summed E-state index contributed by atoms with van der Waals surface area (Å²) in [4.78, 5) is 23.5. The molecule has 23 heavy (non-hydrogen) atoms. The van der Waals surface area contributed by atoms with Crippen molar-refractivity contribution in [2.45, 2.75) is 13.3 Å². The highest BCUT2D eigenvalue weighted by atomic mass is 127. The van der Waals surface area contributed by atoms with Gasteiger partial charge >= 0.3 is 5.97 Å². The van der Waals surface area contributed by atoms with E-state index in [4.69, 9.17) is 4.74 Å². The minimum Gasteiger partial charge on any atom is -0.455 e. The van der Waals surface area contributed by atoms with Gasteiger partial charge in [-0.1, -0.05) is 12.1 Å². The molecular formula is C17H15FINO3. The van der Waals surface area contributed by atoms with Crippen molar-refractivity contribution in [2.24, 2.45) is 0 Å². The number of benzene rings is 2. The first-order valence-corrected chi connectivity index (χ1v) is 7.98. The SMILES string of the molecule is Cc1cc(I)ccc1NC(=O)COC(=O)Cc1ccc(F)cc1. The highest BCUT2D eigenvalue weighted by Crippen LogP contribution is 2.17. The van der Waals surface area contributed by atoms with Gasteiger partial charge in [0.05, 0.1) is 6.42 Å². The molecule has 2 aromatic carbocycles. The van der Waals surface area contributed by atoms with Crippen LogP contribution in [0.2, 0.25) is 0 Å². The molecule has 4 nitrogen and oxygen atoms in total. The molecular weight excluding hydrogens is 412 g/mol. The molecule has 0 aromatic heterocycles. The minimum absolute atomic E-state index is 0.00385. The molecule has 1 amide bonds. The maximum atomic E-state index is 12.8. The normalized spacial score (nSPS) is 10.2. The fourth-order valence-corrected chi connectivity index (χ4v) is 2.57. The van der Waals surface area contributed by atoms with Crippen LogP contribution in [0.5, 0.6) is 0 Å². The molecule has 0 heterocycles. The number of ether oxygens (including phenoxy) is 1. The van der Waals surface area contributed by atoms with E-state index in [0.29, 0.717) is 11.3 Å². The molecule has 0 aliphatic carbocycles. The number of carbonyl (C=O) groups is 2. The summed E-state index contributed by atoms with van der Waals surface area (Å²) in [6, 6.07) is 11.2. The zero-order valence-corrected chi connectivity index (χ0v) is 14.6. The van der Waals surface area contributed by atoms with E-state index in [0.717, 1.165) is 9.13 Å². The van der Waals surface area contributed by atoms with Crippen molar-refractivity contribution in [3.63, 3.8) is 0 Å². The van der Waals surface area contributed by atoms with Gasteiger partial charge in [0.2, 0.25) is 0 Å². The van der Waals surface area contributed by atoms with Crippen LogP contribution in [0.15, 0.2) is 42.5 Å². The van der Waals surface area contributed by atoms with E-state index in [1.165, 1.54) is 24.3 Å². The molecule has 0 fully saturated rings. The summed E-state index contributed by atoms with van der Waals surface area (Å²) < 4.78 is 18.8. The van der Waals surface area contributed by atoms with Gasteiger partial charge in [0, 0.05) is 9.26 Å². The van der Waals surface area contributed by atoms with Crippen molar-refractivity contribution in [3.05, 3.63) is 63.0 Å². The largest absolute Gasteiger partial charge is 0.455 e. The Morgan fingerprint density at radius 2 is 1.87 bits per heavy atom. The molecule has 2 rings (SSSR count). The van der Waals surface area contributed by atoms with Crippen molar-refractivity contribution in [1.82, 2.24) is 0 Å². The van der Waals surface area contributed by atoms with Crippen LogP contribution >= 0.6 is 22.6 Å². The zero-order valence-electron chi connectivity index (χ0n) is 12.4. The van der Waals surface area contributed by atoms with Gasteiger partial charge in [-0.15, -0.1) is 0 Å². The summed E-state index contributed by atoms with van der Waals surface area (Å²) >= 11 is 2.19. The first-order valence-electron chi connectivity index (χ1n) is 6.90. The van der Waals surface area contributed by atoms with Gasteiger partial charge in [-0.2, -0.15) is 0 Å². The maximum Gasteiger partial charge on any atom is 0.310 e. The van der Waals surface area contributed by atoms with Gasteiger partial charge in [-0.25, -0.2) is 4.39 Å². The number of hydrogen-bond donors (Lipinski definition) is 1. The van der Waals surface area contributed by atoms with E-state index in [1.54, 1.807) is 6.07 Å². The third-order valence-electron chi connectivity index (χ3n) is 3.09. The molecule has 0 saturated heterocycles. The van der Waals surface area contributed by atoms with E-state index < -0.39 is 11.9 Å². The number of hydrogen-bond acceptors (Lipinski definition) is 3. The van der Waals surface area contributed by atoms with E-state index in [2.05, 4.69) is 27.9 Å². The van der Waals surface area contributed by atoms with E-state index in [1.807, 2.05) is 19.1 Å². The Morgan fingerprint density at radius 1 is 1.17 bits per heavy atom. The predicted molar refractivity (Wildman–Crippen MR) is 93.6 cm³/mol. The third kappa shape index (κ3) is 5.63. The summed E-state index contributed by atoms with van der Waals surface area (Å²) in [5.41, 5.74) is 2.25. The number of nitrogens with one attached hydrogen (secondary N) is 1. The number of esters is 1. The Labute approximate surface area is 147 Å². The summed E-state index contributed by atoms with van der Waals surface area (Å²) in [6.07, 6.45) is -0.00385. The zero-order chi connectivity index (χ0) is 16.8. The lowest BCUT2D eigenvalue weighted by Gasteiger charge is -2.09. The fraction of sp³-hybridized carbons (Fsp3) is 0.176. The molecule has 2 aromatic rings. The second-order valence-corrected chi connectivity index (χ2v) is 6.22. The van der Waals surface area contributed by atoms with E-state index >= 15 is 0 Å². The molecule has 0 saturated carbocycles. The molecule has 0 radical (unpaired) electrons. The lowest BCUT2D eigenvalue weighted by Crippen LogP contribution is -2.22. The molecule has 1 N–H and O–H groups in total. The standard InChI is InChI=1S/C17H15FINO3/c1-11-8-14(19)6-7-15(11)20-16(21)10-23-17(22)9-12-2-4-13(18)5-3-12/h2-8H,9-10H2,1H3,(H,20,21). The summed E-state index contributed by atoms with van der Waals surface area (Å²) in [5, 5.41) is 2.70. The van der Waals surface area contributed by atoms with E-state index in [9.17, 15) is 14.0 Å². The Bertz CT molecular complexity index is 716. The van der Waals surface area contributed by atoms with Crippen LogP contribution in [-0.2, 0) is 20.7 Å². The molecule has 0 atom stereocenters. The molecule has 0 unspecified atom stereocenters. The van der Waals surface area contributed by atoms with Gasteiger partial charge in [0.1, 0.15) is 5.82 Å². The Kier molecular flexibility index (Phi) is 6.09. The number of amides is 1. The Hall–Kier alpha value is -1.96. The molecule has 0 spiro atoms. The van der Waals surface area contributed by atoms with Crippen LogP contribution in [0, 0.1) is 16.3 Å². The molecule has 6 heteroatoms. The van der Waals surface area contributed by atoms with Gasteiger partial charge < -0.3 is 10.1 Å². The monoisotopic (exact) mass is 427 g/mol. The van der Waals surface area contributed by atoms with Crippen molar-refractivity contribution in [2.75, 3.05) is 11.9 Å². The van der Waals surface area contributed by atoms with Crippen LogP contribution in [0.25, 0.3) is 0 Å². The molecule has 0 aliphatic heterocycles. The first-order chi connectivity index (χ1) is 10.9. The van der Waals surface area contributed by atoms with Crippen LogP contribution in [-0.4, -0.2) is 18.5 Å². The molecule has 0 bridgehead atoms. The topological polar surface area (TPSA) is 55.4 Å². The lowest BCUT2D eigenvalue weighted by atomic mass is 10.1. The van der Waals surface area contributed by atoms with E-state index in [-0.39, 0.29) is 18.8 Å². The highest BCUT2D eigenvalue weighted by molar-refractivity contribution is 14.1. The number of anilines is 1. The number of carbonyl (C=O) groups excluding carboxylic acids is 2. The summed E-state index contributed by atoms with van der Waals surface area (Å²) in [5.74, 6) is -1.30. The second-order valence-electron chi connectivity index (χ2n) is 4.97. The quantitative estimate of drug-likeness (QED) is 0.588. The highest BCUT2D eigenvalue weighted by Gasteiger charge is 2.10. The maximum absolute atomic E-state index is 12.8. The molecule has 120 valence electrons. The van der Waals surface area contributed by atoms with Gasteiger partial charge in [-0.05, 0) is 71.0 Å². The second kappa shape index (κ2) is 8.05. The van der Waals surface area contributed by atoms with Crippen LogP contribution in [0.1, 0.15) is 11.1 Å². The number of rotatable bonds is 5. The lowest BCUT2D eigenvalue weighted by molar-refractivity contribution is -0.146. The van der Waals surface area contributed by atoms with Gasteiger partial charge in [-0.3, -0.25) is 9.59 Å². The minimum atomic E-state index is -0.536. The van der Waals surface area contributed by atoms with Gasteiger partial charge in [0.15, 0.2) is 6.61 Å². The average Bonchev–Trinajstić information content (AvgIpc) is 2.50. The summed E-state index contributed by atoms with van der Waals surface area (Å²) in [6.45, 7) is 1.53. The van der Waals surface area contributed by atoms with Crippen molar-refractivity contribution < 1.29 is 18.7 Å². The van der Waals surface area contributed by atoms with Crippen LogP contribution in [0.4, 0.5) is 10.1 Å². The Morgan fingerprint density at radius 3 is 2.52 bits per heavy atom. The van der Waals surface area contributed by atoms with Crippen molar-refractivity contribution in [3.8, 4) is 0 Å². The third-order valence-corrected chi connectivity index (χ3v) is 3.76. The Balaban J connectivity index is 1.81. The summed E-state index contributed by atoms with van der Waals surface area (Å²) in [7, 11) is 0. The number of aryl methyl sites for hydroxylation is 1. The average molecular weight is 427 g/mol. The first kappa shape index (κ1) is 17.4. The smallest absolute Gasteiger partial charge is 0.310 e. The van der Waals surface area contributed by atoms with Gasteiger partial charge in [0.25, 0.3) is 5.91 Å². The predicted octanol–water partition coefficient (Wildman–Crippen LogP) is 3.46. The van der Waals surface area contributed by atoms with Crippen LogP contribution in [0.3, 0.4) is 0 Å². The number of halogens is 2. The van der Waals surface area contributed by atoms with Crippen molar-refractivity contribution in [1.29, 1.82) is 0 Å². The van der Waals surface area contributed by atoms with Crippen molar-refractivity contribution >= 4 is 40.2 Å². The van der Waals surface area contributed by atoms with Crippen LogP contribution < -0.4 is 5.32 Å². The fourth-order valence-electron chi connectivity index (χ4n) is 1.92.